The van der Waals surface area contributed by atoms with Crippen LogP contribution in [0.2, 0.25) is 5.02 Å². The van der Waals surface area contributed by atoms with Crippen molar-refractivity contribution >= 4 is 38.9 Å². The van der Waals surface area contributed by atoms with Crippen LogP contribution in [-0.4, -0.2) is 44.4 Å². The molecule has 3 rings (SSSR count). The Kier molecular flexibility index (Phi) is 8.57. The van der Waals surface area contributed by atoms with Gasteiger partial charge in [-0.05, 0) is 59.7 Å². The number of methoxy groups -OCH3 is 1. The summed E-state index contributed by atoms with van der Waals surface area (Å²) in [7, 11) is -2.09. The number of aliphatic hydroxyl groups is 1. The first-order valence-corrected chi connectivity index (χ1v) is 12.7. The summed E-state index contributed by atoms with van der Waals surface area (Å²) in [6.07, 6.45) is -0.157. The van der Waals surface area contributed by atoms with E-state index in [1.807, 2.05) is 0 Å². The van der Waals surface area contributed by atoms with Crippen LogP contribution in [0.15, 0.2) is 66.7 Å². The van der Waals surface area contributed by atoms with Crippen molar-refractivity contribution in [2.75, 3.05) is 29.9 Å². The normalized spacial score (nSPS) is 13.0. The summed E-state index contributed by atoms with van der Waals surface area (Å²) in [5.41, 5.74) is 1.47. The first-order chi connectivity index (χ1) is 16.6. The average molecular weight is 520 g/mol. The van der Waals surface area contributed by atoms with E-state index in [4.69, 9.17) is 16.3 Å². The fourth-order valence-corrected chi connectivity index (χ4v) is 3.98. The van der Waals surface area contributed by atoms with Crippen molar-refractivity contribution in [1.82, 2.24) is 5.32 Å². The molecule has 0 radical (unpaired) electrons. The van der Waals surface area contributed by atoms with Gasteiger partial charge in [-0.25, -0.2) is 8.42 Å². The molecule has 35 heavy (non-hydrogen) atoms. The molecule has 1 unspecified atom stereocenters. The van der Waals surface area contributed by atoms with E-state index in [0.717, 1.165) is 6.26 Å². The van der Waals surface area contributed by atoms with E-state index in [-0.39, 0.29) is 23.9 Å². The lowest BCUT2D eigenvalue weighted by Crippen LogP contribution is -2.35. The van der Waals surface area contributed by atoms with Gasteiger partial charge in [-0.1, -0.05) is 29.8 Å². The van der Waals surface area contributed by atoms with Gasteiger partial charge in [0.25, 0.3) is 0 Å². The monoisotopic (exact) mass is 519 g/mol. The maximum absolute atomic E-state index is 13.1. The predicted octanol–water partition coefficient (Wildman–Crippen LogP) is 3.43. The highest BCUT2D eigenvalue weighted by molar-refractivity contribution is 7.92. The number of amides is 1. The topological polar surface area (TPSA) is 137 Å². The van der Waals surface area contributed by atoms with Crippen molar-refractivity contribution in [1.29, 1.82) is 0 Å². The molecular weight excluding hydrogens is 494 g/mol. The minimum absolute atomic E-state index is 0.0478. The van der Waals surface area contributed by atoms with Gasteiger partial charge in [0.15, 0.2) is 0 Å². The Morgan fingerprint density at radius 1 is 1.03 bits per heavy atom. The summed E-state index contributed by atoms with van der Waals surface area (Å²) < 4.78 is 30.5. The third-order valence-corrected chi connectivity index (χ3v) is 5.88. The number of rotatable bonds is 10. The zero-order valence-corrected chi connectivity index (χ0v) is 20.6. The highest BCUT2D eigenvalue weighted by Crippen LogP contribution is 2.28. The number of nitrogens with one attached hydrogen (secondary N) is 3. The molecule has 0 heterocycles. The SMILES string of the molecule is COc1ccc(C(NC[C@@H](O)c2ccc(O)c(NS(C)(=O)=O)c2)C(=O)Nc2ccc(Cl)cc2)cc1. The van der Waals surface area contributed by atoms with Gasteiger partial charge >= 0.3 is 0 Å². The summed E-state index contributed by atoms with van der Waals surface area (Å²) in [6, 6.07) is 16.8. The number of carbonyl (C=O) groups excluding carboxylic acids is 1. The Labute approximate surface area is 208 Å². The fourth-order valence-electron chi connectivity index (χ4n) is 3.30. The number of halogens is 1. The van der Waals surface area contributed by atoms with Crippen LogP contribution in [0.5, 0.6) is 11.5 Å². The Bertz CT molecular complexity index is 1270. The van der Waals surface area contributed by atoms with Crippen LogP contribution in [0.3, 0.4) is 0 Å². The molecule has 1 amide bonds. The molecule has 186 valence electrons. The number of sulfonamides is 1. The maximum atomic E-state index is 13.1. The van der Waals surface area contributed by atoms with Gasteiger partial charge in [-0.2, -0.15) is 0 Å². The second kappa shape index (κ2) is 11.4. The molecule has 2 atom stereocenters. The molecule has 0 aliphatic heterocycles. The molecule has 11 heteroatoms. The van der Waals surface area contributed by atoms with Crippen molar-refractivity contribution in [3.05, 3.63) is 82.9 Å². The van der Waals surface area contributed by atoms with Gasteiger partial charge in [0.05, 0.1) is 25.2 Å². The molecule has 0 bridgehead atoms. The number of phenolic OH excluding ortho intramolecular Hbond substituents is 1. The predicted molar refractivity (Wildman–Crippen MR) is 135 cm³/mol. The van der Waals surface area contributed by atoms with E-state index in [1.165, 1.54) is 18.2 Å². The molecule has 0 fully saturated rings. The number of aliphatic hydroxyl groups excluding tert-OH is 1. The molecule has 3 aromatic rings. The average Bonchev–Trinajstić information content (AvgIpc) is 2.81. The van der Waals surface area contributed by atoms with E-state index in [0.29, 0.717) is 27.6 Å². The van der Waals surface area contributed by atoms with Crippen molar-refractivity contribution in [3.63, 3.8) is 0 Å². The smallest absolute Gasteiger partial charge is 0.246 e. The summed E-state index contributed by atoms with van der Waals surface area (Å²) in [4.78, 5) is 13.1. The highest BCUT2D eigenvalue weighted by atomic mass is 35.5. The summed E-state index contributed by atoms with van der Waals surface area (Å²) >= 11 is 5.92. The molecule has 0 aromatic heterocycles. The van der Waals surface area contributed by atoms with Crippen LogP contribution in [0.4, 0.5) is 11.4 Å². The van der Waals surface area contributed by atoms with Crippen LogP contribution in [0.25, 0.3) is 0 Å². The van der Waals surface area contributed by atoms with Crippen molar-refractivity contribution in [3.8, 4) is 11.5 Å². The zero-order chi connectivity index (χ0) is 25.6. The molecule has 0 aliphatic rings. The molecule has 0 saturated carbocycles. The van der Waals surface area contributed by atoms with E-state index in [2.05, 4.69) is 15.4 Å². The summed E-state index contributed by atoms with van der Waals surface area (Å²) in [5, 5.41) is 27.1. The molecule has 0 aliphatic carbocycles. The first-order valence-electron chi connectivity index (χ1n) is 10.5. The van der Waals surface area contributed by atoms with Crippen LogP contribution in [0, 0.1) is 0 Å². The number of hydrogen-bond acceptors (Lipinski definition) is 7. The first kappa shape index (κ1) is 26.3. The van der Waals surface area contributed by atoms with Crippen molar-refractivity contribution in [2.24, 2.45) is 0 Å². The Hall–Kier alpha value is -3.31. The molecular formula is C24H26ClN3O6S. The minimum Gasteiger partial charge on any atom is -0.506 e. The van der Waals surface area contributed by atoms with Gasteiger partial charge in [-0.3, -0.25) is 14.8 Å². The van der Waals surface area contributed by atoms with Gasteiger partial charge in [0.2, 0.25) is 15.9 Å². The number of anilines is 2. The fraction of sp³-hybridized carbons (Fsp3) is 0.208. The lowest BCUT2D eigenvalue weighted by atomic mass is 10.0. The number of hydrogen-bond donors (Lipinski definition) is 5. The number of carbonyl (C=O) groups is 1. The number of aromatic hydroxyl groups is 1. The molecule has 9 nitrogen and oxygen atoms in total. The van der Waals surface area contributed by atoms with Gasteiger partial charge in [0.1, 0.15) is 17.5 Å². The molecule has 0 spiro atoms. The van der Waals surface area contributed by atoms with Crippen LogP contribution < -0.4 is 20.1 Å². The van der Waals surface area contributed by atoms with E-state index in [9.17, 15) is 23.4 Å². The highest BCUT2D eigenvalue weighted by Gasteiger charge is 2.23. The lowest BCUT2D eigenvalue weighted by molar-refractivity contribution is -0.118. The quantitative estimate of drug-likeness (QED) is 0.259. The number of benzene rings is 3. The van der Waals surface area contributed by atoms with Gasteiger partial charge < -0.3 is 20.3 Å². The Balaban J connectivity index is 1.79. The van der Waals surface area contributed by atoms with E-state index >= 15 is 0 Å². The largest absolute Gasteiger partial charge is 0.506 e. The minimum atomic E-state index is -3.63. The maximum Gasteiger partial charge on any atom is 0.246 e. The second-order valence-corrected chi connectivity index (χ2v) is 9.96. The second-order valence-electron chi connectivity index (χ2n) is 7.78. The van der Waals surface area contributed by atoms with Crippen molar-refractivity contribution < 1.29 is 28.2 Å². The molecule has 5 N–H and O–H groups in total. The lowest BCUT2D eigenvalue weighted by Gasteiger charge is -2.22. The molecule has 0 saturated heterocycles. The third kappa shape index (κ3) is 7.59. The van der Waals surface area contributed by atoms with E-state index in [1.54, 1.807) is 55.6 Å². The van der Waals surface area contributed by atoms with Crippen LogP contribution >= 0.6 is 11.6 Å². The summed E-state index contributed by atoms with van der Waals surface area (Å²) in [5.74, 6) is -0.0201. The Morgan fingerprint density at radius 2 is 1.66 bits per heavy atom. The summed E-state index contributed by atoms with van der Waals surface area (Å²) in [6.45, 7) is -0.0478. The van der Waals surface area contributed by atoms with Gasteiger partial charge in [0, 0.05) is 17.3 Å². The number of ether oxygens (including phenoxy) is 1. The third-order valence-electron chi connectivity index (χ3n) is 5.04. The number of phenols is 1. The standard InChI is InChI=1S/C24H26ClN3O6S/c1-34-19-10-3-15(4-11-19)23(24(31)27-18-8-6-17(25)7-9-18)26-14-22(30)16-5-12-21(29)20(13-16)28-35(2,32)33/h3-13,22-23,26,28-30H,14H2,1-2H3,(H,27,31)/t22-,23?/m1/s1. The van der Waals surface area contributed by atoms with Gasteiger partial charge in [-0.15, -0.1) is 0 Å². The van der Waals surface area contributed by atoms with Crippen molar-refractivity contribution in [2.45, 2.75) is 12.1 Å². The van der Waals surface area contributed by atoms with Crippen LogP contribution in [-0.2, 0) is 14.8 Å². The zero-order valence-electron chi connectivity index (χ0n) is 19.0. The van der Waals surface area contributed by atoms with Crippen LogP contribution in [0.1, 0.15) is 23.3 Å². The molecule has 3 aromatic carbocycles. The van der Waals surface area contributed by atoms with E-state index < -0.39 is 22.2 Å². The Morgan fingerprint density at radius 3 is 2.26 bits per heavy atom.